The van der Waals surface area contributed by atoms with Crippen LogP contribution < -0.4 is 9.47 Å². The van der Waals surface area contributed by atoms with Crippen LogP contribution in [0.25, 0.3) is 0 Å². The molecule has 0 atom stereocenters. The van der Waals surface area contributed by atoms with Crippen molar-refractivity contribution in [2.45, 2.75) is 6.54 Å². The van der Waals surface area contributed by atoms with Crippen LogP contribution in [0.5, 0.6) is 11.5 Å². The highest BCUT2D eigenvalue weighted by Gasteiger charge is 2.27. The summed E-state index contributed by atoms with van der Waals surface area (Å²) in [6.45, 7) is 0.979. The molecule has 0 fully saturated rings. The molecule has 0 saturated heterocycles. The van der Waals surface area contributed by atoms with Gasteiger partial charge in [-0.15, -0.1) is 0 Å². The molecule has 1 amide bonds. The van der Waals surface area contributed by atoms with Crippen LogP contribution in [0.3, 0.4) is 0 Å². The van der Waals surface area contributed by atoms with Gasteiger partial charge in [0.25, 0.3) is 11.6 Å². The summed E-state index contributed by atoms with van der Waals surface area (Å²) in [6, 6.07) is 12.0. The van der Waals surface area contributed by atoms with Crippen LogP contribution in [0.1, 0.15) is 15.9 Å². The molecule has 1 aliphatic heterocycles. The van der Waals surface area contributed by atoms with Crippen molar-refractivity contribution in [3.63, 3.8) is 0 Å². The molecule has 0 bridgehead atoms. The van der Waals surface area contributed by atoms with Crippen molar-refractivity contribution < 1.29 is 19.2 Å². The third-order valence-corrected chi connectivity index (χ3v) is 3.68. The fourth-order valence-corrected chi connectivity index (χ4v) is 2.54. The van der Waals surface area contributed by atoms with Gasteiger partial charge in [-0.1, -0.05) is 30.3 Å². The average molecular weight is 328 g/mol. The van der Waals surface area contributed by atoms with E-state index < -0.39 is 4.92 Å². The Bertz CT molecular complexity index is 776. The number of nitro benzene ring substituents is 1. The molecule has 3 rings (SSSR count). The van der Waals surface area contributed by atoms with E-state index >= 15 is 0 Å². The van der Waals surface area contributed by atoms with Crippen LogP contribution in [0.2, 0.25) is 0 Å². The van der Waals surface area contributed by atoms with E-state index in [1.165, 1.54) is 17.0 Å². The van der Waals surface area contributed by atoms with Gasteiger partial charge in [-0.3, -0.25) is 14.9 Å². The van der Waals surface area contributed by atoms with Crippen LogP contribution in [-0.4, -0.2) is 36.0 Å². The van der Waals surface area contributed by atoms with Crippen molar-refractivity contribution in [2.75, 3.05) is 20.3 Å². The number of carbonyl (C=O) groups is 1. The molecule has 0 saturated carbocycles. The van der Waals surface area contributed by atoms with Crippen LogP contribution >= 0.6 is 0 Å². The maximum absolute atomic E-state index is 12.8. The van der Waals surface area contributed by atoms with Crippen molar-refractivity contribution in [1.82, 2.24) is 4.90 Å². The lowest BCUT2D eigenvalue weighted by atomic mass is 10.1. The summed E-state index contributed by atoms with van der Waals surface area (Å²) in [5.41, 5.74) is 0.901. The zero-order valence-electron chi connectivity index (χ0n) is 13.1. The van der Waals surface area contributed by atoms with Gasteiger partial charge >= 0.3 is 0 Å². The van der Waals surface area contributed by atoms with E-state index in [-0.39, 0.29) is 28.7 Å². The first kappa shape index (κ1) is 15.8. The van der Waals surface area contributed by atoms with E-state index in [0.717, 1.165) is 5.56 Å². The maximum Gasteiger partial charge on any atom is 0.274 e. The van der Waals surface area contributed by atoms with Crippen molar-refractivity contribution in [3.05, 3.63) is 63.7 Å². The molecule has 0 unspecified atom stereocenters. The topological polar surface area (TPSA) is 81.9 Å². The minimum absolute atomic E-state index is 0.136. The summed E-state index contributed by atoms with van der Waals surface area (Å²) in [6.07, 6.45) is 0. The van der Waals surface area contributed by atoms with Crippen molar-refractivity contribution in [3.8, 4) is 11.5 Å². The Balaban J connectivity index is 1.93. The van der Waals surface area contributed by atoms with E-state index in [4.69, 9.17) is 9.47 Å². The molecule has 1 aliphatic rings. The van der Waals surface area contributed by atoms with Gasteiger partial charge in [0.15, 0.2) is 11.5 Å². The monoisotopic (exact) mass is 328 g/mol. The van der Waals surface area contributed by atoms with Crippen LogP contribution in [0.4, 0.5) is 5.69 Å². The van der Waals surface area contributed by atoms with Gasteiger partial charge in [0.2, 0.25) is 0 Å². The summed E-state index contributed by atoms with van der Waals surface area (Å²) >= 11 is 0. The van der Waals surface area contributed by atoms with E-state index in [1.807, 2.05) is 30.3 Å². The number of hydrogen-bond acceptors (Lipinski definition) is 5. The maximum atomic E-state index is 12.8. The summed E-state index contributed by atoms with van der Waals surface area (Å²) < 4.78 is 10.9. The van der Waals surface area contributed by atoms with Crippen LogP contribution in [0.15, 0.2) is 42.5 Å². The SMILES string of the molecule is CN(Cc1ccccc1)C(=O)c1cc([N+](=O)[O-])cc2c1OCCO2. The van der Waals surface area contributed by atoms with E-state index in [9.17, 15) is 14.9 Å². The number of hydrogen-bond donors (Lipinski definition) is 0. The molecule has 0 aromatic heterocycles. The minimum atomic E-state index is -0.549. The second kappa shape index (κ2) is 6.57. The molecular weight excluding hydrogens is 312 g/mol. The highest BCUT2D eigenvalue weighted by Crippen LogP contribution is 2.38. The van der Waals surface area contributed by atoms with E-state index in [2.05, 4.69) is 0 Å². The number of benzene rings is 2. The van der Waals surface area contributed by atoms with Gasteiger partial charge < -0.3 is 14.4 Å². The van der Waals surface area contributed by atoms with Crippen LogP contribution in [-0.2, 0) is 6.54 Å². The molecule has 0 radical (unpaired) electrons. The van der Waals surface area contributed by atoms with Gasteiger partial charge in [0.05, 0.1) is 16.6 Å². The van der Waals surface area contributed by atoms with Crippen molar-refractivity contribution >= 4 is 11.6 Å². The summed E-state index contributed by atoms with van der Waals surface area (Å²) in [7, 11) is 1.64. The number of rotatable bonds is 4. The zero-order valence-corrected chi connectivity index (χ0v) is 13.1. The van der Waals surface area contributed by atoms with Crippen molar-refractivity contribution in [2.24, 2.45) is 0 Å². The fourth-order valence-electron chi connectivity index (χ4n) is 2.54. The molecule has 2 aromatic carbocycles. The molecule has 1 heterocycles. The summed E-state index contributed by atoms with van der Waals surface area (Å²) in [5.74, 6) is 0.132. The molecule has 0 spiro atoms. The lowest BCUT2D eigenvalue weighted by Crippen LogP contribution is -2.28. The number of nitrogens with zero attached hydrogens (tertiary/aromatic N) is 2. The lowest BCUT2D eigenvalue weighted by molar-refractivity contribution is -0.385. The first-order valence-electron chi connectivity index (χ1n) is 7.43. The van der Waals surface area contributed by atoms with Crippen molar-refractivity contribution in [1.29, 1.82) is 0 Å². The van der Waals surface area contributed by atoms with Gasteiger partial charge in [-0.2, -0.15) is 0 Å². The lowest BCUT2D eigenvalue weighted by Gasteiger charge is -2.23. The number of carbonyl (C=O) groups excluding carboxylic acids is 1. The third-order valence-electron chi connectivity index (χ3n) is 3.68. The number of non-ortho nitro benzene ring substituents is 1. The normalized spacial score (nSPS) is 12.5. The average Bonchev–Trinajstić information content (AvgIpc) is 2.60. The second-order valence-corrected chi connectivity index (χ2v) is 5.42. The van der Waals surface area contributed by atoms with Gasteiger partial charge in [0.1, 0.15) is 13.2 Å². The Hall–Kier alpha value is -3.09. The smallest absolute Gasteiger partial charge is 0.274 e. The second-order valence-electron chi connectivity index (χ2n) is 5.42. The molecule has 24 heavy (non-hydrogen) atoms. The molecule has 124 valence electrons. The van der Waals surface area contributed by atoms with Gasteiger partial charge in [0, 0.05) is 19.7 Å². The predicted molar refractivity (Wildman–Crippen MR) is 86.3 cm³/mol. The number of amides is 1. The van der Waals surface area contributed by atoms with Crippen LogP contribution in [0, 0.1) is 10.1 Å². The summed E-state index contributed by atoms with van der Waals surface area (Å²) in [4.78, 5) is 24.8. The first-order valence-corrected chi connectivity index (χ1v) is 7.43. The quantitative estimate of drug-likeness (QED) is 0.636. The standard InChI is InChI=1S/C17H16N2O5/c1-18(11-12-5-3-2-4-6-12)17(20)14-9-13(19(21)22)10-15-16(14)24-8-7-23-15/h2-6,9-10H,7-8,11H2,1H3. The highest BCUT2D eigenvalue weighted by atomic mass is 16.6. The Kier molecular flexibility index (Phi) is 4.33. The Morgan fingerprint density at radius 3 is 2.62 bits per heavy atom. The third kappa shape index (κ3) is 3.15. The Labute approximate surface area is 138 Å². The molecule has 0 N–H and O–H groups in total. The molecule has 2 aromatic rings. The fraction of sp³-hybridized carbons (Fsp3) is 0.235. The Morgan fingerprint density at radius 2 is 1.92 bits per heavy atom. The largest absolute Gasteiger partial charge is 0.486 e. The molecule has 7 heteroatoms. The highest BCUT2D eigenvalue weighted by molar-refractivity contribution is 5.98. The number of fused-ring (bicyclic) bond motifs is 1. The molecule has 7 nitrogen and oxygen atoms in total. The molecule has 0 aliphatic carbocycles. The van der Waals surface area contributed by atoms with E-state index in [0.29, 0.717) is 19.8 Å². The zero-order chi connectivity index (χ0) is 17.1. The predicted octanol–water partition coefficient (Wildman–Crippen LogP) is 2.64. The molecular formula is C17H16N2O5. The van der Waals surface area contributed by atoms with Gasteiger partial charge in [-0.25, -0.2) is 0 Å². The number of nitro groups is 1. The summed E-state index contributed by atoms with van der Waals surface area (Å²) in [5, 5.41) is 11.1. The van der Waals surface area contributed by atoms with E-state index in [1.54, 1.807) is 7.05 Å². The first-order chi connectivity index (χ1) is 11.6. The number of ether oxygens (including phenoxy) is 2. The van der Waals surface area contributed by atoms with Gasteiger partial charge in [-0.05, 0) is 5.56 Å². The Morgan fingerprint density at radius 1 is 1.21 bits per heavy atom. The minimum Gasteiger partial charge on any atom is -0.486 e.